The molecule has 2 saturated heterocycles. The molecule has 6 N–H and O–H groups in total. The van der Waals surface area contributed by atoms with E-state index in [9.17, 15) is 45.0 Å². The fourth-order valence-corrected chi connectivity index (χ4v) is 7.95. The first kappa shape index (κ1) is 41.4. The summed E-state index contributed by atoms with van der Waals surface area (Å²) in [4.78, 5) is 39.0. The Labute approximate surface area is 308 Å². The molecule has 298 valence electrons. The number of carboxylic acid groups (broad SMARTS) is 1. The highest BCUT2D eigenvalue weighted by atomic mass is 16.7. The zero-order valence-corrected chi connectivity index (χ0v) is 30.3. The molecule has 53 heavy (non-hydrogen) atoms. The highest BCUT2D eigenvalue weighted by Crippen LogP contribution is 2.39. The molecule has 0 bridgehead atoms. The maximum absolute atomic E-state index is 13.6. The van der Waals surface area contributed by atoms with Crippen LogP contribution in [-0.4, -0.2) is 142 Å². The average Bonchev–Trinajstić information content (AvgIpc) is 3.16. The summed E-state index contributed by atoms with van der Waals surface area (Å²) in [7, 11) is 1.25. The van der Waals surface area contributed by atoms with Crippen LogP contribution in [-0.2, 0) is 42.7 Å². The first-order valence-corrected chi connectivity index (χ1v) is 18.5. The second-order valence-corrected chi connectivity index (χ2v) is 14.7. The number of carboxylic acids is 1. The van der Waals surface area contributed by atoms with Crippen LogP contribution in [0, 0.1) is 17.8 Å². The summed E-state index contributed by atoms with van der Waals surface area (Å²) in [6.45, 7) is 2.53. The molecule has 4 aliphatic rings. The van der Waals surface area contributed by atoms with Crippen molar-refractivity contribution in [3.8, 4) is 0 Å². The van der Waals surface area contributed by atoms with Gasteiger partial charge >= 0.3 is 17.9 Å². The number of aliphatic hydroxyl groups excluding tert-OH is 5. The maximum Gasteiger partial charge on any atom is 0.338 e. The molecule has 2 aliphatic carbocycles. The Hall–Kier alpha value is -2.77. The molecule has 2 aliphatic heterocycles. The van der Waals surface area contributed by atoms with Gasteiger partial charge in [-0.2, -0.15) is 0 Å². The SMILES string of the molecule is COC(=O)[C@@H]1C[C@H](C)[C@H](OC2O[C@@H](C)[C@@H](O)[C@@H](O)[C@@H]2O)[C@H](O[C@@H]2O[C@H](CO)[C@H](O)[C@H](O[C@@H](CC3CCCCC3)C(=O)O)[C@H]2OC(=O)c2ccccc2)C1. The van der Waals surface area contributed by atoms with Gasteiger partial charge in [-0.15, -0.1) is 0 Å². The number of aliphatic carboxylic acids is 1. The smallest absolute Gasteiger partial charge is 0.338 e. The van der Waals surface area contributed by atoms with Gasteiger partial charge in [0, 0.05) is 0 Å². The lowest BCUT2D eigenvalue weighted by Gasteiger charge is -2.48. The van der Waals surface area contributed by atoms with Gasteiger partial charge in [0.1, 0.15) is 36.6 Å². The number of benzene rings is 1. The van der Waals surface area contributed by atoms with Crippen molar-refractivity contribution in [3.63, 3.8) is 0 Å². The van der Waals surface area contributed by atoms with E-state index >= 15 is 0 Å². The van der Waals surface area contributed by atoms with Gasteiger partial charge in [-0.25, -0.2) is 9.59 Å². The van der Waals surface area contributed by atoms with E-state index in [2.05, 4.69) is 0 Å². The Morgan fingerprint density at radius 1 is 0.830 bits per heavy atom. The van der Waals surface area contributed by atoms with Crippen molar-refractivity contribution in [1.29, 1.82) is 0 Å². The molecule has 0 spiro atoms. The molecule has 0 amide bonds. The number of esters is 2. The minimum Gasteiger partial charge on any atom is -0.479 e. The Kier molecular flexibility index (Phi) is 14.6. The number of aliphatic hydroxyl groups is 5. The second-order valence-electron chi connectivity index (χ2n) is 14.7. The predicted octanol–water partition coefficient (Wildman–Crippen LogP) is 0.916. The van der Waals surface area contributed by atoms with Crippen LogP contribution in [0.15, 0.2) is 30.3 Å². The van der Waals surface area contributed by atoms with Gasteiger partial charge in [0.15, 0.2) is 24.8 Å². The van der Waals surface area contributed by atoms with Crippen LogP contribution in [0.4, 0.5) is 0 Å². The molecule has 2 saturated carbocycles. The van der Waals surface area contributed by atoms with Crippen LogP contribution in [0.3, 0.4) is 0 Å². The molecule has 1 aromatic carbocycles. The lowest BCUT2D eigenvalue weighted by Crippen LogP contribution is -2.64. The van der Waals surface area contributed by atoms with Crippen molar-refractivity contribution in [2.24, 2.45) is 17.8 Å². The number of methoxy groups -OCH3 is 1. The third kappa shape index (κ3) is 9.92. The second kappa shape index (κ2) is 18.7. The monoisotopic (exact) mass is 754 g/mol. The van der Waals surface area contributed by atoms with Crippen LogP contribution in [0.25, 0.3) is 0 Å². The molecular formula is C37H54O16. The Morgan fingerprint density at radius 3 is 2.17 bits per heavy atom. The van der Waals surface area contributed by atoms with Crippen LogP contribution in [0.5, 0.6) is 0 Å². The summed E-state index contributed by atoms with van der Waals surface area (Å²) in [6, 6.07) is 7.95. The van der Waals surface area contributed by atoms with Crippen molar-refractivity contribution in [2.45, 2.75) is 145 Å². The highest BCUT2D eigenvalue weighted by molar-refractivity contribution is 5.89. The van der Waals surface area contributed by atoms with E-state index in [1.54, 1.807) is 25.1 Å². The molecule has 0 radical (unpaired) electrons. The van der Waals surface area contributed by atoms with Crippen LogP contribution < -0.4 is 0 Å². The summed E-state index contributed by atoms with van der Waals surface area (Å²) in [5.74, 6) is -3.77. The zero-order chi connectivity index (χ0) is 38.4. The molecule has 5 rings (SSSR count). The van der Waals surface area contributed by atoms with Gasteiger partial charge in [0.2, 0.25) is 0 Å². The maximum atomic E-state index is 13.6. The van der Waals surface area contributed by atoms with Crippen molar-refractivity contribution in [1.82, 2.24) is 0 Å². The summed E-state index contributed by atoms with van der Waals surface area (Å²) < 4.78 is 41.6. The third-order valence-corrected chi connectivity index (χ3v) is 11.0. The van der Waals surface area contributed by atoms with Crippen molar-refractivity contribution >= 4 is 17.9 Å². The third-order valence-electron chi connectivity index (χ3n) is 11.0. The van der Waals surface area contributed by atoms with Crippen LogP contribution in [0.1, 0.15) is 75.6 Å². The largest absolute Gasteiger partial charge is 0.479 e. The van der Waals surface area contributed by atoms with Gasteiger partial charge in [-0.05, 0) is 50.2 Å². The fraction of sp³-hybridized carbons (Fsp3) is 0.757. The van der Waals surface area contributed by atoms with E-state index in [0.717, 1.165) is 32.1 Å². The summed E-state index contributed by atoms with van der Waals surface area (Å²) in [6.07, 6.45) is -13.2. The molecule has 1 aromatic rings. The van der Waals surface area contributed by atoms with E-state index in [4.69, 9.17) is 33.2 Å². The number of hydrogen-bond acceptors (Lipinski definition) is 15. The molecule has 16 nitrogen and oxygen atoms in total. The Morgan fingerprint density at radius 2 is 1.53 bits per heavy atom. The van der Waals surface area contributed by atoms with Gasteiger partial charge in [-0.1, -0.05) is 57.2 Å². The van der Waals surface area contributed by atoms with E-state index < -0.39 is 116 Å². The van der Waals surface area contributed by atoms with Crippen molar-refractivity contribution < 1.29 is 78.2 Å². The summed E-state index contributed by atoms with van der Waals surface area (Å²) in [5.41, 5.74) is 0.136. The van der Waals surface area contributed by atoms with Crippen LogP contribution >= 0.6 is 0 Å². The summed E-state index contributed by atoms with van der Waals surface area (Å²) in [5, 5.41) is 63.5. The molecule has 1 unspecified atom stereocenters. The lowest BCUT2D eigenvalue weighted by atomic mass is 9.78. The first-order valence-electron chi connectivity index (χ1n) is 18.5. The zero-order valence-electron chi connectivity index (χ0n) is 30.3. The van der Waals surface area contributed by atoms with Crippen LogP contribution in [0.2, 0.25) is 0 Å². The van der Waals surface area contributed by atoms with E-state index in [-0.39, 0.29) is 30.7 Å². The number of ether oxygens (including phenoxy) is 7. The van der Waals surface area contributed by atoms with Gasteiger partial charge in [-0.3, -0.25) is 4.79 Å². The normalized spacial score (nSPS) is 38.8. The minimum absolute atomic E-state index is 0.0261. The molecule has 16 heteroatoms. The quantitative estimate of drug-likeness (QED) is 0.154. The molecule has 4 fully saturated rings. The Balaban J connectivity index is 1.48. The Bertz CT molecular complexity index is 1340. The van der Waals surface area contributed by atoms with E-state index in [1.807, 2.05) is 0 Å². The molecule has 2 heterocycles. The predicted molar refractivity (Wildman–Crippen MR) is 181 cm³/mol. The number of rotatable bonds is 13. The van der Waals surface area contributed by atoms with Crippen molar-refractivity contribution in [3.05, 3.63) is 35.9 Å². The minimum atomic E-state index is -1.66. The van der Waals surface area contributed by atoms with Gasteiger partial charge in [0.05, 0.1) is 43.5 Å². The molecular weight excluding hydrogens is 700 g/mol. The average molecular weight is 755 g/mol. The van der Waals surface area contributed by atoms with E-state index in [1.165, 1.54) is 26.2 Å². The topological polar surface area (TPSA) is 237 Å². The fourth-order valence-electron chi connectivity index (χ4n) is 7.95. The lowest BCUT2D eigenvalue weighted by molar-refractivity contribution is -0.349. The summed E-state index contributed by atoms with van der Waals surface area (Å²) >= 11 is 0. The number of carbonyl (C=O) groups is 3. The number of carbonyl (C=O) groups excluding carboxylic acids is 2. The number of hydrogen-bond donors (Lipinski definition) is 6. The first-order chi connectivity index (χ1) is 25.3. The van der Waals surface area contributed by atoms with E-state index in [0.29, 0.717) is 0 Å². The van der Waals surface area contributed by atoms with Crippen molar-refractivity contribution in [2.75, 3.05) is 13.7 Å². The standard InChI is InChI=1S/C37H54O16/c1-18-14-22(34(45)47-3)16-23(30(18)53-36-29(42)28(41)26(39)19(2)48-36)50-37-32(52-35(46)21-12-8-5-9-13-21)31(27(40)25(17-38)51-37)49-24(33(43)44)15-20-10-6-4-7-11-20/h5,8-9,12-13,18-20,22-32,36-42H,4,6-7,10-11,14-17H2,1-3H3,(H,43,44)/t18-,19-,22+,23+,24-,25+,26+,27-,28+,29-,30-,31-,32+,36?,37+/m0/s1. The van der Waals surface area contributed by atoms with Gasteiger partial charge < -0.3 is 63.8 Å². The highest BCUT2D eigenvalue weighted by Gasteiger charge is 2.54. The molecule has 0 aromatic heterocycles. The van der Waals surface area contributed by atoms with Gasteiger partial charge in [0.25, 0.3) is 0 Å². The molecule has 15 atom stereocenters.